The monoisotopic (exact) mass is 316 g/mol. The number of nitrogens with zero attached hydrogens (tertiary/aromatic N) is 4. The molecule has 1 aliphatic rings. The van der Waals surface area contributed by atoms with Crippen molar-refractivity contribution in [2.24, 2.45) is 0 Å². The topological polar surface area (TPSA) is 66.4 Å². The Morgan fingerprint density at radius 1 is 1.25 bits per heavy atom. The van der Waals surface area contributed by atoms with Crippen molar-refractivity contribution in [3.8, 4) is 0 Å². The van der Waals surface area contributed by atoms with Crippen LogP contribution in [0.1, 0.15) is 32.6 Å². The number of carbonyl (C=O) groups is 1. The summed E-state index contributed by atoms with van der Waals surface area (Å²) in [6.07, 6.45) is 4.39. The van der Waals surface area contributed by atoms with Crippen LogP contribution in [0, 0.1) is 0 Å². The predicted octanol–water partition coefficient (Wildman–Crippen LogP) is 2.10. The maximum atomic E-state index is 12.1. The highest BCUT2D eigenvalue weighted by Gasteiger charge is 2.29. The summed E-state index contributed by atoms with van der Waals surface area (Å²) in [7, 11) is 0.667. The smallest absolute Gasteiger partial charge is 0.326 e. The second-order valence-electron chi connectivity index (χ2n) is 4.82. The van der Waals surface area contributed by atoms with Crippen molar-refractivity contribution < 1.29 is 9.00 Å². The average molecular weight is 316 g/mol. The summed E-state index contributed by atoms with van der Waals surface area (Å²) in [4.78, 5) is 15.1. The third-order valence-corrected chi connectivity index (χ3v) is 5.90. The van der Waals surface area contributed by atoms with Gasteiger partial charge in [0.25, 0.3) is 0 Å². The van der Waals surface area contributed by atoms with Crippen LogP contribution in [0.25, 0.3) is 0 Å². The Balaban J connectivity index is 1.92. The third-order valence-electron chi connectivity index (χ3n) is 3.22. The highest BCUT2D eigenvalue weighted by Crippen LogP contribution is 2.25. The first kappa shape index (κ1) is 15.4. The van der Waals surface area contributed by atoms with Crippen LogP contribution in [-0.4, -0.2) is 51.2 Å². The molecule has 0 bridgehead atoms. The van der Waals surface area contributed by atoms with Crippen LogP contribution in [0.3, 0.4) is 0 Å². The molecule has 8 heteroatoms. The standard InChI is InChI=1S/C12H20N4O2S2/c1-3-4-5-6-9-20(18)11-14-13-10(19-11)16-8-7-15(2)12(16)17/h3-9H2,1-2H3. The maximum Gasteiger partial charge on any atom is 0.326 e. The molecule has 2 heterocycles. The van der Waals surface area contributed by atoms with Gasteiger partial charge in [0, 0.05) is 25.9 Å². The molecule has 0 radical (unpaired) electrons. The van der Waals surface area contributed by atoms with Gasteiger partial charge in [0.15, 0.2) is 0 Å². The number of carbonyl (C=O) groups excluding carboxylic acids is 1. The lowest BCUT2D eigenvalue weighted by molar-refractivity contribution is 0.229. The molecule has 0 spiro atoms. The number of likely N-dealkylation sites (N-methyl/N-ethyl adjacent to an activating group) is 1. The molecule has 2 amide bonds. The molecule has 0 saturated carbocycles. The summed E-state index contributed by atoms with van der Waals surface area (Å²) in [5.74, 6) is 0.627. The van der Waals surface area contributed by atoms with Gasteiger partial charge in [0.1, 0.15) is 0 Å². The Morgan fingerprint density at radius 2 is 2.05 bits per heavy atom. The number of rotatable bonds is 7. The normalized spacial score (nSPS) is 17.0. The highest BCUT2D eigenvalue weighted by atomic mass is 32.2. The van der Waals surface area contributed by atoms with Crippen molar-refractivity contribution >= 4 is 33.3 Å². The number of hydrogen-bond acceptors (Lipinski definition) is 5. The molecule has 1 fully saturated rings. The first-order chi connectivity index (χ1) is 9.63. The van der Waals surface area contributed by atoms with Crippen molar-refractivity contribution in [3.63, 3.8) is 0 Å². The minimum absolute atomic E-state index is 0.0681. The molecule has 1 aliphatic heterocycles. The van der Waals surface area contributed by atoms with Crippen LogP contribution >= 0.6 is 11.3 Å². The Morgan fingerprint density at radius 3 is 2.70 bits per heavy atom. The van der Waals surface area contributed by atoms with Crippen molar-refractivity contribution in [1.82, 2.24) is 15.1 Å². The van der Waals surface area contributed by atoms with Gasteiger partial charge in [0.2, 0.25) is 9.47 Å². The molecule has 0 aliphatic carbocycles. The average Bonchev–Trinajstić information content (AvgIpc) is 3.03. The van der Waals surface area contributed by atoms with E-state index in [-0.39, 0.29) is 6.03 Å². The van der Waals surface area contributed by atoms with Gasteiger partial charge in [-0.15, -0.1) is 10.2 Å². The fourth-order valence-corrected chi connectivity index (χ4v) is 4.19. The Labute approximate surface area is 125 Å². The van der Waals surface area contributed by atoms with Crippen LogP contribution in [0.2, 0.25) is 0 Å². The summed E-state index contributed by atoms with van der Waals surface area (Å²) < 4.78 is 12.6. The van der Waals surface area contributed by atoms with Crippen LogP contribution in [0.15, 0.2) is 4.34 Å². The zero-order valence-corrected chi connectivity index (χ0v) is 13.5. The number of aromatic nitrogens is 2. The molecule has 0 N–H and O–H groups in total. The zero-order chi connectivity index (χ0) is 14.5. The number of hydrogen-bond donors (Lipinski definition) is 0. The fraction of sp³-hybridized carbons (Fsp3) is 0.750. The second-order valence-corrected chi connectivity index (χ2v) is 7.52. The highest BCUT2D eigenvalue weighted by molar-refractivity contribution is 7.87. The lowest BCUT2D eigenvalue weighted by atomic mass is 10.2. The van der Waals surface area contributed by atoms with Crippen molar-refractivity contribution in [1.29, 1.82) is 0 Å². The number of anilines is 1. The van der Waals surface area contributed by atoms with E-state index in [4.69, 9.17) is 0 Å². The Kier molecular flexibility index (Phi) is 5.47. The van der Waals surface area contributed by atoms with Gasteiger partial charge in [-0.3, -0.25) is 9.11 Å². The molecule has 112 valence electrons. The van der Waals surface area contributed by atoms with E-state index >= 15 is 0 Å². The molecule has 1 atom stereocenters. The van der Waals surface area contributed by atoms with Crippen LogP contribution in [0.4, 0.5) is 9.93 Å². The van der Waals surface area contributed by atoms with E-state index < -0.39 is 10.8 Å². The lowest BCUT2D eigenvalue weighted by Crippen LogP contribution is -2.29. The fourth-order valence-electron chi connectivity index (χ4n) is 1.98. The van der Waals surface area contributed by atoms with Crippen LogP contribution in [0.5, 0.6) is 0 Å². The molecule has 6 nitrogen and oxygen atoms in total. The van der Waals surface area contributed by atoms with Gasteiger partial charge < -0.3 is 4.90 Å². The first-order valence-corrected chi connectivity index (χ1v) is 9.01. The van der Waals surface area contributed by atoms with Crippen LogP contribution in [-0.2, 0) is 10.8 Å². The van der Waals surface area contributed by atoms with E-state index in [1.807, 2.05) is 0 Å². The number of amides is 2. The van der Waals surface area contributed by atoms with Gasteiger partial charge in [-0.05, 0) is 6.42 Å². The van der Waals surface area contributed by atoms with Gasteiger partial charge in [-0.1, -0.05) is 37.5 Å². The predicted molar refractivity (Wildman–Crippen MR) is 80.7 cm³/mol. The van der Waals surface area contributed by atoms with E-state index in [2.05, 4.69) is 17.1 Å². The molecular formula is C12H20N4O2S2. The van der Waals surface area contributed by atoms with Crippen LogP contribution < -0.4 is 4.90 Å². The second kappa shape index (κ2) is 7.12. The summed E-state index contributed by atoms with van der Waals surface area (Å²) in [6, 6.07) is -0.0681. The molecule has 20 heavy (non-hydrogen) atoms. The summed E-state index contributed by atoms with van der Waals surface area (Å²) in [6.45, 7) is 3.46. The molecule has 2 rings (SSSR count). The number of unbranched alkanes of at least 4 members (excludes halogenated alkanes) is 3. The summed E-state index contributed by atoms with van der Waals surface area (Å²) in [5, 5.41) is 8.53. The van der Waals surface area contributed by atoms with E-state index in [9.17, 15) is 9.00 Å². The molecule has 0 aromatic carbocycles. The molecule has 1 unspecified atom stereocenters. The number of urea groups is 1. The van der Waals surface area contributed by atoms with Gasteiger partial charge in [0.05, 0.1) is 10.8 Å². The van der Waals surface area contributed by atoms with E-state index in [1.165, 1.54) is 24.2 Å². The van der Waals surface area contributed by atoms with E-state index in [0.717, 1.165) is 12.8 Å². The van der Waals surface area contributed by atoms with E-state index in [0.29, 0.717) is 28.3 Å². The quantitative estimate of drug-likeness (QED) is 0.571. The first-order valence-electron chi connectivity index (χ1n) is 6.88. The van der Waals surface area contributed by atoms with Gasteiger partial charge in [-0.25, -0.2) is 4.79 Å². The Hall–Kier alpha value is -1.02. The lowest BCUT2D eigenvalue weighted by Gasteiger charge is -2.10. The molecular weight excluding hydrogens is 296 g/mol. The SMILES string of the molecule is CCCCCCS(=O)c1nnc(N2CCN(C)C2=O)s1. The molecule has 1 aromatic heterocycles. The summed E-state index contributed by atoms with van der Waals surface area (Å²) in [5.41, 5.74) is 0. The zero-order valence-electron chi connectivity index (χ0n) is 11.9. The van der Waals surface area contributed by atoms with Crippen molar-refractivity contribution in [3.05, 3.63) is 0 Å². The Bertz CT molecular complexity index is 492. The van der Waals surface area contributed by atoms with E-state index in [1.54, 1.807) is 16.8 Å². The molecule has 1 aromatic rings. The van der Waals surface area contributed by atoms with Gasteiger partial charge >= 0.3 is 6.03 Å². The minimum Gasteiger partial charge on any atom is -0.326 e. The minimum atomic E-state index is -1.09. The molecule has 1 saturated heterocycles. The third kappa shape index (κ3) is 3.54. The van der Waals surface area contributed by atoms with Crippen molar-refractivity contribution in [2.45, 2.75) is 36.9 Å². The summed E-state index contributed by atoms with van der Waals surface area (Å²) >= 11 is 1.26. The maximum absolute atomic E-state index is 12.1. The van der Waals surface area contributed by atoms with Crippen molar-refractivity contribution in [2.75, 3.05) is 30.8 Å². The largest absolute Gasteiger partial charge is 0.326 e. The van der Waals surface area contributed by atoms with Gasteiger partial charge in [-0.2, -0.15) is 0 Å².